The van der Waals surface area contributed by atoms with Gasteiger partial charge in [0.2, 0.25) is 0 Å². The van der Waals surface area contributed by atoms with Gasteiger partial charge < -0.3 is 15.0 Å². The molecule has 3 amide bonds. The van der Waals surface area contributed by atoms with Gasteiger partial charge in [0.15, 0.2) is 0 Å². The quantitative estimate of drug-likeness (QED) is 0.554. The van der Waals surface area contributed by atoms with Crippen LogP contribution in [0.15, 0.2) is 0 Å². The topological polar surface area (TPSA) is 79.0 Å². The zero-order valence-electron chi connectivity index (χ0n) is 17.5. The Labute approximate surface area is 168 Å². The number of esters is 1. The van der Waals surface area contributed by atoms with Crippen molar-refractivity contribution in [2.75, 3.05) is 19.6 Å². The molecule has 3 rings (SSSR count). The van der Waals surface area contributed by atoms with Gasteiger partial charge in [-0.3, -0.25) is 4.79 Å². The van der Waals surface area contributed by atoms with Crippen LogP contribution in [-0.2, 0) is 14.3 Å². The van der Waals surface area contributed by atoms with Crippen molar-refractivity contribution in [2.45, 2.75) is 89.8 Å². The maximum atomic E-state index is 13.2. The SMILES string of the molecule is CCC(C(=O)OC1CCCCC1)N1C(=O)NC2(CCN(CC(C)C)CC2)C1=O. The minimum atomic E-state index is -0.858. The highest BCUT2D eigenvalue weighted by molar-refractivity contribution is 6.09. The highest BCUT2D eigenvalue weighted by Crippen LogP contribution is 2.32. The Kier molecular flexibility index (Phi) is 6.63. The summed E-state index contributed by atoms with van der Waals surface area (Å²) >= 11 is 0. The molecule has 1 aliphatic carbocycles. The number of likely N-dealkylation sites (tertiary alicyclic amines) is 1. The van der Waals surface area contributed by atoms with Crippen LogP contribution in [0.2, 0.25) is 0 Å². The lowest BCUT2D eigenvalue weighted by Gasteiger charge is -2.38. The highest BCUT2D eigenvalue weighted by atomic mass is 16.5. The number of hydrogen-bond acceptors (Lipinski definition) is 5. The Hall–Kier alpha value is -1.63. The summed E-state index contributed by atoms with van der Waals surface area (Å²) in [6, 6.07) is -1.28. The van der Waals surface area contributed by atoms with Gasteiger partial charge in [-0.15, -0.1) is 0 Å². The molecule has 0 aromatic heterocycles. The van der Waals surface area contributed by atoms with Gasteiger partial charge in [0.25, 0.3) is 5.91 Å². The molecule has 0 bridgehead atoms. The number of hydrogen-bond donors (Lipinski definition) is 1. The second-order valence-electron chi connectivity index (χ2n) is 9.00. The van der Waals surface area contributed by atoms with Crippen LogP contribution in [0.3, 0.4) is 0 Å². The van der Waals surface area contributed by atoms with E-state index in [2.05, 4.69) is 24.1 Å². The summed E-state index contributed by atoms with van der Waals surface area (Å²) in [5.74, 6) is -0.125. The standard InChI is InChI=1S/C21H35N3O4/c1-4-17(18(25)28-16-8-6-5-7-9-16)24-19(26)21(22-20(24)27)10-12-23(13-11-21)14-15(2)3/h15-17H,4-14H2,1-3H3,(H,22,27). The zero-order valence-corrected chi connectivity index (χ0v) is 17.5. The van der Waals surface area contributed by atoms with Crippen LogP contribution in [0.5, 0.6) is 0 Å². The molecular weight excluding hydrogens is 358 g/mol. The molecule has 2 saturated heterocycles. The van der Waals surface area contributed by atoms with Crippen molar-refractivity contribution in [1.82, 2.24) is 15.1 Å². The molecule has 1 N–H and O–H groups in total. The van der Waals surface area contributed by atoms with Crippen LogP contribution in [0.4, 0.5) is 4.79 Å². The minimum Gasteiger partial charge on any atom is -0.461 e. The average Bonchev–Trinajstić information content (AvgIpc) is 2.89. The lowest BCUT2D eigenvalue weighted by Crippen LogP contribution is -2.56. The maximum absolute atomic E-state index is 13.2. The smallest absolute Gasteiger partial charge is 0.329 e. The summed E-state index contributed by atoms with van der Waals surface area (Å²) in [5.41, 5.74) is -0.858. The van der Waals surface area contributed by atoms with E-state index in [4.69, 9.17) is 4.74 Å². The van der Waals surface area contributed by atoms with Gasteiger partial charge in [-0.1, -0.05) is 27.2 Å². The summed E-state index contributed by atoms with van der Waals surface area (Å²) < 4.78 is 5.67. The van der Waals surface area contributed by atoms with E-state index < -0.39 is 23.6 Å². The van der Waals surface area contributed by atoms with Crippen molar-refractivity contribution in [3.63, 3.8) is 0 Å². The number of rotatable bonds is 6. The first-order valence-corrected chi connectivity index (χ1v) is 10.9. The monoisotopic (exact) mass is 393 g/mol. The summed E-state index contributed by atoms with van der Waals surface area (Å²) in [6.07, 6.45) is 6.53. The van der Waals surface area contributed by atoms with E-state index in [9.17, 15) is 14.4 Å². The van der Waals surface area contributed by atoms with Crippen molar-refractivity contribution in [3.8, 4) is 0 Å². The van der Waals surface area contributed by atoms with Gasteiger partial charge in [-0.25, -0.2) is 14.5 Å². The Balaban J connectivity index is 1.65. The third-order valence-corrected chi connectivity index (χ3v) is 6.33. The molecule has 1 atom stereocenters. The van der Waals surface area contributed by atoms with Crippen LogP contribution < -0.4 is 5.32 Å². The van der Waals surface area contributed by atoms with Gasteiger partial charge in [0.05, 0.1) is 0 Å². The Morgan fingerprint density at radius 2 is 1.82 bits per heavy atom. The first-order chi connectivity index (χ1) is 13.4. The van der Waals surface area contributed by atoms with Gasteiger partial charge >= 0.3 is 12.0 Å². The van der Waals surface area contributed by atoms with E-state index in [1.807, 2.05) is 6.92 Å². The zero-order chi connectivity index (χ0) is 20.3. The molecule has 28 heavy (non-hydrogen) atoms. The number of imide groups is 1. The van der Waals surface area contributed by atoms with E-state index in [0.717, 1.165) is 50.2 Å². The lowest BCUT2D eigenvalue weighted by molar-refractivity contribution is -0.159. The van der Waals surface area contributed by atoms with E-state index >= 15 is 0 Å². The van der Waals surface area contributed by atoms with E-state index in [-0.39, 0.29) is 12.0 Å². The van der Waals surface area contributed by atoms with Gasteiger partial charge in [-0.05, 0) is 50.9 Å². The first kappa shape index (κ1) is 21.1. The number of nitrogens with one attached hydrogen (secondary N) is 1. The fourth-order valence-electron chi connectivity index (χ4n) is 4.78. The number of urea groups is 1. The molecule has 1 spiro atoms. The predicted molar refractivity (Wildman–Crippen MR) is 106 cm³/mol. The van der Waals surface area contributed by atoms with E-state index in [0.29, 0.717) is 25.2 Å². The lowest BCUT2D eigenvalue weighted by atomic mass is 9.87. The Morgan fingerprint density at radius 1 is 1.18 bits per heavy atom. The molecule has 3 aliphatic rings. The van der Waals surface area contributed by atoms with E-state index in [1.165, 1.54) is 6.42 Å². The second kappa shape index (κ2) is 8.80. The first-order valence-electron chi connectivity index (χ1n) is 10.9. The molecule has 2 aliphatic heterocycles. The van der Waals surface area contributed by atoms with Crippen LogP contribution in [0.25, 0.3) is 0 Å². The molecule has 0 radical (unpaired) electrons. The van der Waals surface area contributed by atoms with Crippen LogP contribution in [-0.4, -0.2) is 65.0 Å². The largest absolute Gasteiger partial charge is 0.461 e. The molecule has 1 unspecified atom stereocenters. The molecule has 3 fully saturated rings. The van der Waals surface area contributed by atoms with Crippen molar-refractivity contribution >= 4 is 17.9 Å². The van der Waals surface area contributed by atoms with Gasteiger partial charge in [0, 0.05) is 19.6 Å². The van der Waals surface area contributed by atoms with Gasteiger partial charge in [0.1, 0.15) is 17.7 Å². The fraction of sp³-hybridized carbons (Fsp3) is 0.857. The van der Waals surface area contributed by atoms with Crippen LogP contribution in [0.1, 0.15) is 72.1 Å². The average molecular weight is 394 g/mol. The molecule has 2 heterocycles. The summed E-state index contributed by atoms with van der Waals surface area (Å²) in [5, 5.41) is 2.92. The Bertz CT molecular complexity index is 592. The molecular formula is C21H35N3O4. The summed E-state index contributed by atoms with van der Waals surface area (Å²) in [4.78, 5) is 42.2. The van der Waals surface area contributed by atoms with Crippen LogP contribution in [0, 0.1) is 5.92 Å². The third kappa shape index (κ3) is 4.34. The second-order valence-corrected chi connectivity index (χ2v) is 9.00. The fourth-order valence-corrected chi connectivity index (χ4v) is 4.78. The van der Waals surface area contributed by atoms with E-state index in [1.54, 1.807) is 0 Å². The predicted octanol–water partition coefficient (Wildman–Crippen LogP) is 2.68. The summed E-state index contributed by atoms with van der Waals surface area (Å²) in [7, 11) is 0. The number of carbonyl (C=O) groups is 3. The van der Waals surface area contributed by atoms with Gasteiger partial charge in [-0.2, -0.15) is 0 Å². The minimum absolute atomic E-state index is 0.0794. The Morgan fingerprint density at radius 3 is 2.39 bits per heavy atom. The van der Waals surface area contributed by atoms with Crippen molar-refractivity contribution in [1.29, 1.82) is 0 Å². The number of nitrogens with zero attached hydrogens (tertiary/aromatic N) is 2. The normalized spacial score (nSPS) is 24.6. The summed E-state index contributed by atoms with van der Waals surface area (Å²) in [6.45, 7) is 8.73. The molecule has 0 aromatic rings. The number of piperidine rings is 1. The van der Waals surface area contributed by atoms with Crippen molar-refractivity contribution in [2.24, 2.45) is 5.92 Å². The van der Waals surface area contributed by atoms with Crippen molar-refractivity contribution in [3.05, 3.63) is 0 Å². The number of ether oxygens (including phenoxy) is 1. The van der Waals surface area contributed by atoms with Crippen molar-refractivity contribution < 1.29 is 19.1 Å². The number of carbonyl (C=O) groups excluding carboxylic acids is 3. The molecule has 7 heteroatoms. The molecule has 1 saturated carbocycles. The number of amides is 3. The molecule has 7 nitrogen and oxygen atoms in total. The molecule has 158 valence electrons. The third-order valence-electron chi connectivity index (χ3n) is 6.33. The van der Waals surface area contributed by atoms with Crippen LogP contribution >= 0.6 is 0 Å². The highest BCUT2D eigenvalue weighted by Gasteiger charge is 2.55. The maximum Gasteiger partial charge on any atom is 0.329 e. The molecule has 0 aromatic carbocycles.